The summed E-state index contributed by atoms with van der Waals surface area (Å²) in [7, 11) is 1.65. The van der Waals surface area contributed by atoms with E-state index in [0.29, 0.717) is 0 Å². The van der Waals surface area contributed by atoms with Gasteiger partial charge in [0.1, 0.15) is 11.6 Å². The molecule has 0 atom stereocenters. The van der Waals surface area contributed by atoms with Crippen molar-refractivity contribution in [1.82, 2.24) is 9.97 Å². The summed E-state index contributed by atoms with van der Waals surface area (Å²) in [5.74, 6) is 1.49. The molecular weight excluding hydrogens is 352 g/mol. The number of ether oxygens (including phenoxy) is 1. The van der Waals surface area contributed by atoms with Gasteiger partial charge in [0.25, 0.3) is 0 Å². The summed E-state index contributed by atoms with van der Waals surface area (Å²) in [5, 5.41) is 3.00. The van der Waals surface area contributed by atoms with Crippen molar-refractivity contribution in [2.75, 3.05) is 30.4 Å². The van der Waals surface area contributed by atoms with Crippen LogP contribution < -0.4 is 15.0 Å². The Morgan fingerprint density at radius 2 is 1.96 bits per heavy atom. The summed E-state index contributed by atoms with van der Waals surface area (Å²) in [5.41, 5.74) is 4.43. The van der Waals surface area contributed by atoms with Crippen LogP contribution in [0.3, 0.4) is 0 Å². The minimum absolute atomic E-state index is 0.0855. The molecule has 146 valence electrons. The average Bonchev–Trinajstić information content (AvgIpc) is 3.12. The summed E-state index contributed by atoms with van der Waals surface area (Å²) in [6.45, 7) is 9.49. The Morgan fingerprint density at radius 1 is 1.25 bits per heavy atom. The number of anilines is 2. The molecule has 1 heterocycles. The smallest absolute Gasteiger partial charge is 0.228 e. The van der Waals surface area contributed by atoms with E-state index in [4.69, 9.17) is 9.72 Å². The molecule has 3 rings (SSSR count). The Hall–Kier alpha value is -3.28. The second-order valence-electron chi connectivity index (χ2n) is 6.41. The number of methoxy groups -OCH3 is 1. The van der Waals surface area contributed by atoms with Gasteiger partial charge < -0.3 is 19.9 Å². The highest BCUT2D eigenvalue weighted by atomic mass is 16.5. The number of rotatable bonds is 8. The molecule has 28 heavy (non-hydrogen) atoms. The fourth-order valence-corrected chi connectivity index (χ4v) is 3.19. The number of hydrogen-bond acceptors (Lipinski definition) is 4. The van der Waals surface area contributed by atoms with Crippen molar-refractivity contribution in [3.8, 4) is 17.1 Å². The second-order valence-corrected chi connectivity index (χ2v) is 6.41. The molecule has 0 aliphatic heterocycles. The Balaban J connectivity index is 2.05. The van der Waals surface area contributed by atoms with Crippen LogP contribution in [0, 0.1) is 0 Å². The SMILES string of the molecule is C=CCC(=O)Nc1cc2[nH]c(-c3ccc(OC)cc3)nc2cc1N(CC)CC. The summed E-state index contributed by atoms with van der Waals surface area (Å²) in [6, 6.07) is 11.7. The van der Waals surface area contributed by atoms with E-state index in [1.807, 2.05) is 36.4 Å². The lowest BCUT2D eigenvalue weighted by Crippen LogP contribution is -2.24. The van der Waals surface area contributed by atoms with Crippen molar-refractivity contribution in [1.29, 1.82) is 0 Å². The molecule has 0 spiro atoms. The molecule has 0 bridgehead atoms. The van der Waals surface area contributed by atoms with Crippen LogP contribution in [0.25, 0.3) is 22.4 Å². The van der Waals surface area contributed by atoms with Crippen LogP contribution in [0.4, 0.5) is 11.4 Å². The summed E-state index contributed by atoms with van der Waals surface area (Å²) >= 11 is 0. The van der Waals surface area contributed by atoms with E-state index in [1.54, 1.807) is 13.2 Å². The lowest BCUT2D eigenvalue weighted by Gasteiger charge is -2.24. The number of benzene rings is 2. The quantitative estimate of drug-likeness (QED) is 0.562. The number of aromatic amines is 1. The van der Waals surface area contributed by atoms with Crippen molar-refractivity contribution in [3.05, 3.63) is 49.1 Å². The van der Waals surface area contributed by atoms with E-state index in [1.165, 1.54) is 0 Å². The Morgan fingerprint density at radius 3 is 2.57 bits per heavy atom. The first-order valence-corrected chi connectivity index (χ1v) is 9.43. The highest BCUT2D eigenvalue weighted by Crippen LogP contribution is 2.32. The molecule has 1 amide bonds. The van der Waals surface area contributed by atoms with E-state index in [9.17, 15) is 4.79 Å². The fourth-order valence-electron chi connectivity index (χ4n) is 3.19. The predicted octanol–water partition coefficient (Wildman–Crippen LogP) is 4.60. The third kappa shape index (κ3) is 4.01. The maximum atomic E-state index is 12.1. The van der Waals surface area contributed by atoms with Gasteiger partial charge in [0.05, 0.1) is 29.5 Å². The molecule has 1 aromatic heterocycles. The number of aromatic nitrogens is 2. The molecule has 0 aliphatic carbocycles. The molecule has 2 aromatic carbocycles. The van der Waals surface area contributed by atoms with Crippen LogP contribution in [-0.4, -0.2) is 36.1 Å². The molecule has 2 N–H and O–H groups in total. The molecule has 6 heteroatoms. The van der Waals surface area contributed by atoms with Crippen molar-refractivity contribution in [2.24, 2.45) is 0 Å². The average molecular weight is 378 g/mol. The highest BCUT2D eigenvalue weighted by molar-refractivity contribution is 5.99. The van der Waals surface area contributed by atoms with Gasteiger partial charge >= 0.3 is 0 Å². The number of hydrogen-bond donors (Lipinski definition) is 2. The molecule has 0 saturated carbocycles. The van der Waals surface area contributed by atoms with Crippen molar-refractivity contribution >= 4 is 28.3 Å². The summed E-state index contributed by atoms with van der Waals surface area (Å²) < 4.78 is 5.22. The van der Waals surface area contributed by atoms with Crippen LogP contribution >= 0.6 is 0 Å². The van der Waals surface area contributed by atoms with Crippen LogP contribution in [0.1, 0.15) is 20.3 Å². The molecule has 6 nitrogen and oxygen atoms in total. The maximum Gasteiger partial charge on any atom is 0.228 e. The van der Waals surface area contributed by atoms with Gasteiger partial charge in [0.2, 0.25) is 5.91 Å². The Labute approximate surface area is 165 Å². The van der Waals surface area contributed by atoms with E-state index in [2.05, 4.69) is 35.6 Å². The molecule has 0 saturated heterocycles. The Bertz CT molecular complexity index is 972. The molecule has 3 aromatic rings. The summed E-state index contributed by atoms with van der Waals surface area (Å²) in [6.07, 6.45) is 1.87. The topological polar surface area (TPSA) is 70.2 Å². The van der Waals surface area contributed by atoms with Crippen LogP contribution in [0.15, 0.2) is 49.1 Å². The minimum atomic E-state index is -0.0855. The fraction of sp³-hybridized carbons (Fsp3) is 0.273. The molecule has 0 unspecified atom stereocenters. The van der Waals surface area contributed by atoms with Crippen molar-refractivity contribution in [3.63, 3.8) is 0 Å². The van der Waals surface area contributed by atoms with Crippen LogP contribution in [0.2, 0.25) is 0 Å². The number of amides is 1. The number of H-pyrrole nitrogens is 1. The standard InChI is InChI=1S/C22H26N4O2/c1-5-8-21(27)23-19-13-17-18(14-20(19)26(6-2)7-3)25-22(24-17)15-9-11-16(28-4)12-10-15/h5,9-14H,1,6-8H2,2-4H3,(H,23,27)(H,24,25). The van der Waals surface area contributed by atoms with E-state index in [0.717, 1.165) is 52.6 Å². The zero-order valence-corrected chi connectivity index (χ0v) is 16.6. The van der Waals surface area contributed by atoms with Gasteiger partial charge in [-0.05, 0) is 50.2 Å². The van der Waals surface area contributed by atoms with Gasteiger partial charge in [-0.3, -0.25) is 4.79 Å². The lowest BCUT2D eigenvalue weighted by atomic mass is 10.2. The Kier molecular flexibility index (Phi) is 5.99. The van der Waals surface area contributed by atoms with Gasteiger partial charge in [0, 0.05) is 25.1 Å². The number of carbonyl (C=O) groups excluding carboxylic acids is 1. The van der Waals surface area contributed by atoms with E-state index < -0.39 is 0 Å². The van der Waals surface area contributed by atoms with Gasteiger partial charge in [-0.25, -0.2) is 4.98 Å². The first-order chi connectivity index (χ1) is 13.6. The zero-order chi connectivity index (χ0) is 20.1. The second kappa shape index (κ2) is 8.61. The minimum Gasteiger partial charge on any atom is -0.497 e. The normalized spacial score (nSPS) is 10.7. The lowest BCUT2D eigenvalue weighted by molar-refractivity contribution is -0.115. The van der Waals surface area contributed by atoms with E-state index in [-0.39, 0.29) is 12.3 Å². The van der Waals surface area contributed by atoms with Crippen LogP contribution in [-0.2, 0) is 4.79 Å². The number of carbonyl (C=O) groups is 1. The monoisotopic (exact) mass is 378 g/mol. The third-order valence-corrected chi connectivity index (χ3v) is 4.67. The van der Waals surface area contributed by atoms with E-state index >= 15 is 0 Å². The molecular formula is C22H26N4O2. The van der Waals surface area contributed by atoms with Crippen molar-refractivity contribution in [2.45, 2.75) is 20.3 Å². The third-order valence-electron chi connectivity index (χ3n) is 4.67. The zero-order valence-electron chi connectivity index (χ0n) is 16.6. The van der Waals surface area contributed by atoms with Crippen LogP contribution in [0.5, 0.6) is 5.75 Å². The highest BCUT2D eigenvalue weighted by Gasteiger charge is 2.15. The predicted molar refractivity (Wildman–Crippen MR) is 115 cm³/mol. The maximum absolute atomic E-state index is 12.1. The van der Waals surface area contributed by atoms with Gasteiger partial charge in [-0.1, -0.05) is 6.08 Å². The first kappa shape index (κ1) is 19.5. The van der Waals surface area contributed by atoms with Gasteiger partial charge in [0.15, 0.2) is 0 Å². The summed E-state index contributed by atoms with van der Waals surface area (Å²) in [4.78, 5) is 22.5. The molecule has 0 aliphatic rings. The number of nitrogens with zero attached hydrogens (tertiary/aromatic N) is 2. The first-order valence-electron chi connectivity index (χ1n) is 9.43. The number of imidazole rings is 1. The van der Waals surface area contributed by atoms with Crippen molar-refractivity contribution < 1.29 is 9.53 Å². The largest absolute Gasteiger partial charge is 0.497 e. The number of fused-ring (bicyclic) bond motifs is 1. The molecule has 0 fully saturated rings. The van der Waals surface area contributed by atoms with Gasteiger partial charge in [-0.2, -0.15) is 0 Å². The molecule has 0 radical (unpaired) electrons. The van der Waals surface area contributed by atoms with Gasteiger partial charge in [-0.15, -0.1) is 6.58 Å². The number of nitrogens with one attached hydrogen (secondary N) is 2.